The maximum atomic E-state index is 10.9. The van der Waals surface area contributed by atoms with Crippen LogP contribution in [0.5, 0.6) is 0 Å². The van der Waals surface area contributed by atoms with E-state index in [0.29, 0.717) is 6.61 Å². The number of carbonyl (C=O) groups excluding carboxylic acids is 1. The van der Waals surface area contributed by atoms with Crippen LogP contribution in [0.25, 0.3) is 0 Å². The summed E-state index contributed by atoms with van der Waals surface area (Å²) in [5.74, 6) is -0.300. The first-order valence-electron chi connectivity index (χ1n) is 4.64. The molecule has 0 saturated heterocycles. The minimum atomic E-state index is -0.300. The van der Waals surface area contributed by atoms with Gasteiger partial charge in [0.05, 0.1) is 12.7 Å². The lowest BCUT2D eigenvalue weighted by molar-refractivity contribution is -0.152. The molecule has 0 aliphatic carbocycles. The highest BCUT2D eigenvalue weighted by atomic mass is 16.6. The number of rotatable bonds is 7. The second-order valence-electron chi connectivity index (χ2n) is 2.94. The molecule has 0 aliphatic rings. The Morgan fingerprint density at radius 3 is 2.69 bits per heavy atom. The topological polar surface area (TPSA) is 47.6 Å². The smallest absolute Gasteiger partial charge is 0.332 e. The molecule has 0 aromatic carbocycles. The van der Waals surface area contributed by atoms with Gasteiger partial charge in [0.15, 0.2) is 0 Å². The van der Waals surface area contributed by atoms with Gasteiger partial charge in [0.2, 0.25) is 0 Å². The quantitative estimate of drug-likeness (QED) is 0.469. The Balaban J connectivity index is 3.17. The largest absolute Gasteiger partial charge is 0.461 e. The molecule has 0 amide bonds. The lowest BCUT2D eigenvalue weighted by Crippen LogP contribution is -2.22. The second-order valence-corrected chi connectivity index (χ2v) is 2.94. The van der Waals surface area contributed by atoms with Crippen LogP contribution in [-0.2, 0) is 14.3 Å². The van der Waals surface area contributed by atoms with Gasteiger partial charge in [-0.05, 0) is 20.4 Å². The zero-order valence-electron chi connectivity index (χ0n) is 8.63. The Hall–Kier alpha value is -0.610. The average molecular weight is 189 g/mol. The summed E-state index contributed by atoms with van der Waals surface area (Å²) in [5.41, 5.74) is 0. The van der Waals surface area contributed by atoms with Gasteiger partial charge in [-0.1, -0.05) is 6.92 Å². The number of ether oxygens (including phenoxy) is 2. The van der Waals surface area contributed by atoms with E-state index in [-0.39, 0.29) is 18.7 Å². The molecular weight excluding hydrogens is 170 g/mol. The van der Waals surface area contributed by atoms with E-state index in [4.69, 9.17) is 9.47 Å². The number of carbonyl (C=O) groups is 1. The van der Waals surface area contributed by atoms with Gasteiger partial charge in [-0.15, -0.1) is 0 Å². The van der Waals surface area contributed by atoms with Gasteiger partial charge in [-0.2, -0.15) is 0 Å². The van der Waals surface area contributed by atoms with E-state index >= 15 is 0 Å². The Kier molecular flexibility index (Phi) is 7.63. The van der Waals surface area contributed by atoms with Crippen LogP contribution in [0.3, 0.4) is 0 Å². The van der Waals surface area contributed by atoms with Gasteiger partial charge in [-0.25, -0.2) is 4.79 Å². The fraction of sp³-hybridized carbons (Fsp3) is 0.889. The van der Waals surface area contributed by atoms with E-state index < -0.39 is 0 Å². The summed E-state index contributed by atoms with van der Waals surface area (Å²) in [6.45, 7) is 7.93. The summed E-state index contributed by atoms with van der Waals surface area (Å²) in [4.78, 5) is 10.9. The summed E-state index contributed by atoms with van der Waals surface area (Å²) < 4.78 is 9.93. The van der Waals surface area contributed by atoms with E-state index in [1.54, 1.807) is 0 Å². The molecular formula is C9H19NO3. The van der Waals surface area contributed by atoms with E-state index in [2.05, 4.69) is 5.32 Å². The number of hydrogen-bond acceptors (Lipinski definition) is 4. The molecule has 0 heterocycles. The molecule has 13 heavy (non-hydrogen) atoms. The van der Waals surface area contributed by atoms with Crippen molar-refractivity contribution >= 4 is 5.97 Å². The predicted molar refractivity (Wildman–Crippen MR) is 50.6 cm³/mol. The molecule has 4 heteroatoms. The second kappa shape index (κ2) is 8.01. The Morgan fingerprint density at radius 1 is 1.46 bits per heavy atom. The summed E-state index contributed by atoms with van der Waals surface area (Å²) in [6, 6.07) is 0. The first-order valence-corrected chi connectivity index (χ1v) is 4.64. The molecule has 0 atom stereocenters. The fourth-order valence-electron chi connectivity index (χ4n) is 0.774. The predicted octanol–water partition coefficient (Wildman–Crippen LogP) is 0.564. The Bertz CT molecular complexity index is 137. The molecule has 0 unspecified atom stereocenters. The van der Waals surface area contributed by atoms with Gasteiger partial charge in [0.1, 0.15) is 6.61 Å². The molecule has 0 aromatic heterocycles. The number of likely N-dealkylation sites (N-methyl/N-ethyl adjacent to an activating group) is 1. The van der Waals surface area contributed by atoms with Crippen molar-refractivity contribution in [3.05, 3.63) is 0 Å². The van der Waals surface area contributed by atoms with Crippen LogP contribution < -0.4 is 5.32 Å². The first kappa shape index (κ1) is 12.4. The Labute approximate surface area is 79.6 Å². The normalized spacial score (nSPS) is 10.5. The van der Waals surface area contributed by atoms with Gasteiger partial charge >= 0.3 is 5.97 Å². The number of hydrogen-bond donors (Lipinski definition) is 1. The molecule has 0 fully saturated rings. The van der Waals surface area contributed by atoms with Crippen LogP contribution in [0.1, 0.15) is 20.8 Å². The number of esters is 1. The van der Waals surface area contributed by atoms with Crippen LogP contribution in [0.4, 0.5) is 0 Å². The van der Waals surface area contributed by atoms with E-state index in [9.17, 15) is 4.79 Å². The van der Waals surface area contributed by atoms with E-state index in [1.165, 1.54) is 0 Å². The molecule has 78 valence electrons. The zero-order valence-corrected chi connectivity index (χ0v) is 8.63. The minimum absolute atomic E-state index is 0.0452. The highest BCUT2D eigenvalue weighted by Gasteiger charge is 2.04. The fourth-order valence-corrected chi connectivity index (χ4v) is 0.774. The Morgan fingerprint density at radius 2 is 2.15 bits per heavy atom. The third-order valence-electron chi connectivity index (χ3n) is 1.26. The lowest BCUT2D eigenvalue weighted by atomic mass is 10.5. The zero-order chi connectivity index (χ0) is 10.1. The van der Waals surface area contributed by atoms with Gasteiger partial charge in [0, 0.05) is 6.54 Å². The van der Waals surface area contributed by atoms with Crippen molar-refractivity contribution in [3.63, 3.8) is 0 Å². The van der Waals surface area contributed by atoms with Crippen molar-refractivity contribution < 1.29 is 14.3 Å². The maximum Gasteiger partial charge on any atom is 0.332 e. The van der Waals surface area contributed by atoms with Crippen molar-refractivity contribution in [3.8, 4) is 0 Å². The summed E-state index contributed by atoms with van der Waals surface area (Å²) in [7, 11) is 0. The molecule has 0 aromatic rings. The van der Waals surface area contributed by atoms with Gasteiger partial charge < -0.3 is 14.8 Å². The van der Waals surface area contributed by atoms with Crippen molar-refractivity contribution in [1.29, 1.82) is 0 Å². The molecule has 0 aliphatic heterocycles. The highest BCUT2D eigenvalue weighted by Crippen LogP contribution is 1.89. The van der Waals surface area contributed by atoms with Crippen LogP contribution in [0.2, 0.25) is 0 Å². The summed E-state index contributed by atoms with van der Waals surface area (Å²) in [5, 5.41) is 3.09. The van der Waals surface area contributed by atoms with Crippen molar-refractivity contribution in [1.82, 2.24) is 5.32 Å². The average Bonchev–Trinajstić information content (AvgIpc) is 2.02. The van der Waals surface area contributed by atoms with Crippen molar-refractivity contribution in [2.24, 2.45) is 0 Å². The molecule has 0 rings (SSSR count). The maximum absolute atomic E-state index is 10.9. The van der Waals surface area contributed by atoms with Crippen molar-refractivity contribution in [2.75, 3.05) is 26.3 Å². The summed E-state index contributed by atoms with van der Waals surface area (Å²) in [6.07, 6.45) is -0.0649. The van der Waals surface area contributed by atoms with Crippen LogP contribution >= 0.6 is 0 Å². The highest BCUT2D eigenvalue weighted by molar-refractivity contribution is 5.70. The lowest BCUT2D eigenvalue weighted by Gasteiger charge is -2.08. The van der Waals surface area contributed by atoms with Crippen LogP contribution in [-0.4, -0.2) is 38.4 Å². The SMILES string of the molecule is CCNCCOCC(=O)OC(C)C. The molecule has 4 nitrogen and oxygen atoms in total. The minimum Gasteiger partial charge on any atom is -0.461 e. The third kappa shape index (κ3) is 9.30. The molecule has 0 bridgehead atoms. The monoisotopic (exact) mass is 189 g/mol. The van der Waals surface area contributed by atoms with Crippen LogP contribution in [0, 0.1) is 0 Å². The number of nitrogens with one attached hydrogen (secondary N) is 1. The van der Waals surface area contributed by atoms with Gasteiger partial charge in [0.25, 0.3) is 0 Å². The first-order chi connectivity index (χ1) is 6.16. The van der Waals surface area contributed by atoms with Gasteiger partial charge in [-0.3, -0.25) is 0 Å². The van der Waals surface area contributed by atoms with Crippen LogP contribution in [0.15, 0.2) is 0 Å². The molecule has 0 radical (unpaired) electrons. The summed E-state index contributed by atoms with van der Waals surface area (Å²) >= 11 is 0. The molecule has 0 saturated carbocycles. The van der Waals surface area contributed by atoms with E-state index in [0.717, 1.165) is 13.1 Å². The van der Waals surface area contributed by atoms with E-state index in [1.807, 2.05) is 20.8 Å². The third-order valence-corrected chi connectivity index (χ3v) is 1.26. The van der Waals surface area contributed by atoms with Crippen molar-refractivity contribution in [2.45, 2.75) is 26.9 Å². The molecule has 1 N–H and O–H groups in total. The standard InChI is InChI=1S/C9H19NO3/c1-4-10-5-6-12-7-9(11)13-8(2)3/h8,10H,4-7H2,1-3H3. The molecule has 0 spiro atoms.